The Labute approximate surface area is 166 Å². The molecule has 2 fully saturated rings. The third-order valence-corrected chi connectivity index (χ3v) is 47.0. The van der Waals surface area contributed by atoms with Crippen molar-refractivity contribution in [2.75, 3.05) is 0 Å². The van der Waals surface area contributed by atoms with Crippen molar-refractivity contribution in [2.45, 2.75) is 129 Å². The first-order valence-electron chi connectivity index (χ1n) is 11.5. The highest BCUT2D eigenvalue weighted by atomic mass is 29.6. The molecule has 0 aliphatic heterocycles. The highest BCUT2D eigenvalue weighted by Gasteiger charge is 2.57. The van der Waals surface area contributed by atoms with Crippen LogP contribution in [0.4, 0.5) is 0 Å². The smallest absolute Gasteiger partial charge is 0.116 e. The van der Waals surface area contributed by atoms with Crippen LogP contribution in [0.25, 0.3) is 0 Å². The summed E-state index contributed by atoms with van der Waals surface area (Å²) in [4.78, 5) is 5.64. The lowest BCUT2D eigenvalue weighted by Crippen LogP contribution is -2.79. The van der Waals surface area contributed by atoms with Crippen molar-refractivity contribution in [3.63, 3.8) is 0 Å². The topological polar surface area (TPSA) is 24.4 Å². The van der Waals surface area contributed by atoms with Gasteiger partial charge >= 0.3 is 0 Å². The molecule has 1 N–H and O–H groups in total. The second kappa shape index (κ2) is 9.08. The van der Waals surface area contributed by atoms with Crippen LogP contribution in [0.1, 0.15) is 71.1 Å². The van der Waals surface area contributed by atoms with Gasteiger partial charge in [0.25, 0.3) is 0 Å². The van der Waals surface area contributed by atoms with Gasteiger partial charge < -0.3 is 5.32 Å². The highest BCUT2D eigenvalue weighted by Crippen LogP contribution is 2.35. The Morgan fingerprint density at radius 2 is 1.23 bits per heavy atom. The van der Waals surface area contributed by atoms with Crippen molar-refractivity contribution >= 4 is 27.8 Å². The van der Waals surface area contributed by atoms with Crippen LogP contribution in [0.2, 0.25) is 45.3 Å². The molecule has 0 aromatic heterocycles. The summed E-state index contributed by atoms with van der Waals surface area (Å²) in [5.41, 5.74) is 1.61. The Bertz CT molecular complexity index is 451. The molecule has 152 valence electrons. The molecule has 2 saturated carbocycles. The van der Waals surface area contributed by atoms with E-state index >= 15 is 0 Å². The van der Waals surface area contributed by atoms with Gasteiger partial charge in [-0.15, -0.1) is 0 Å². The van der Waals surface area contributed by atoms with E-state index in [0.717, 1.165) is 0 Å². The van der Waals surface area contributed by atoms with Gasteiger partial charge in [0.15, 0.2) is 0 Å². The van der Waals surface area contributed by atoms with Gasteiger partial charge in [-0.2, -0.15) is 0 Å². The third-order valence-electron chi connectivity index (χ3n) is 7.33. The van der Waals surface area contributed by atoms with Crippen LogP contribution in [0.15, 0.2) is 4.99 Å². The zero-order chi connectivity index (χ0) is 19.4. The maximum absolute atomic E-state index is 5.64. The second-order valence-corrected chi connectivity index (χ2v) is 38.6. The van der Waals surface area contributed by atoms with Crippen LogP contribution in [-0.4, -0.2) is 39.8 Å². The van der Waals surface area contributed by atoms with E-state index in [4.69, 9.17) is 4.99 Å². The van der Waals surface area contributed by atoms with E-state index < -0.39 is 22.3 Å². The van der Waals surface area contributed by atoms with Gasteiger partial charge in [0.1, 0.15) is 7.11 Å². The molecule has 0 aromatic rings. The number of amidine groups is 1. The third kappa shape index (κ3) is 4.93. The van der Waals surface area contributed by atoms with E-state index in [1.807, 2.05) is 0 Å². The monoisotopic (exact) mass is 410 g/mol. The van der Waals surface area contributed by atoms with E-state index in [9.17, 15) is 0 Å². The predicted molar refractivity (Wildman–Crippen MR) is 127 cm³/mol. The van der Waals surface area contributed by atoms with Crippen LogP contribution < -0.4 is 5.32 Å². The molecule has 0 heterocycles. The summed E-state index contributed by atoms with van der Waals surface area (Å²) in [6.07, 6.45) is 13.9. The standard InChI is InChI=1S/C21H46N2Si3/c1-8-26(24(2,3)4,25(5,6)7)21(22-19-15-11-9-12-16-19)23-20-17-13-10-14-18-20/h19-20H,8-18H2,1-7H3,(H,22,23). The molecule has 2 aliphatic rings. The summed E-state index contributed by atoms with van der Waals surface area (Å²) >= 11 is 0. The number of nitrogens with one attached hydrogen (secondary N) is 1. The normalized spacial score (nSPS) is 22.5. The molecule has 0 bridgehead atoms. The molecule has 26 heavy (non-hydrogen) atoms. The lowest BCUT2D eigenvalue weighted by atomic mass is 9.95. The van der Waals surface area contributed by atoms with Crippen LogP contribution in [0.3, 0.4) is 0 Å². The molecule has 0 radical (unpaired) electrons. The Morgan fingerprint density at radius 3 is 1.65 bits per heavy atom. The minimum absolute atomic E-state index is 0.612. The molecule has 2 nitrogen and oxygen atoms in total. The van der Waals surface area contributed by atoms with Crippen LogP contribution in [0.5, 0.6) is 0 Å². The largest absolute Gasteiger partial charge is 0.376 e. The van der Waals surface area contributed by atoms with E-state index in [1.165, 1.54) is 70.3 Å². The number of aliphatic imine (C=N–C) groups is 1. The van der Waals surface area contributed by atoms with Crippen LogP contribution >= 0.6 is 0 Å². The number of rotatable bonds is 6. The first kappa shape index (κ1) is 22.4. The Balaban J connectivity index is 2.44. The molecule has 2 aliphatic carbocycles. The fourth-order valence-electron chi connectivity index (χ4n) is 6.17. The van der Waals surface area contributed by atoms with Crippen molar-refractivity contribution in [3.8, 4) is 0 Å². The molecular formula is C21H46N2Si3. The van der Waals surface area contributed by atoms with Gasteiger partial charge in [0.2, 0.25) is 0 Å². The summed E-state index contributed by atoms with van der Waals surface area (Å²) in [6, 6.07) is 2.72. The first-order valence-corrected chi connectivity index (χ1v) is 22.7. The maximum atomic E-state index is 5.64. The molecule has 0 saturated heterocycles. The van der Waals surface area contributed by atoms with E-state index in [2.05, 4.69) is 51.5 Å². The quantitative estimate of drug-likeness (QED) is 0.302. The minimum atomic E-state index is -1.55. The molecule has 0 atom stereocenters. The van der Waals surface area contributed by atoms with Gasteiger partial charge in [-0.25, -0.2) is 0 Å². The van der Waals surface area contributed by atoms with Gasteiger partial charge in [-0.05, 0) is 25.7 Å². The highest BCUT2D eigenvalue weighted by molar-refractivity contribution is 7.77. The van der Waals surface area contributed by atoms with Crippen molar-refractivity contribution in [1.82, 2.24) is 5.32 Å². The van der Waals surface area contributed by atoms with Gasteiger partial charge in [-0.3, -0.25) is 4.99 Å². The molecule has 0 unspecified atom stereocenters. The predicted octanol–water partition coefficient (Wildman–Crippen LogP) is 6.48. The van der Waals surface area contributed by atoms with E-state index in [-0.39, 0.29) is 0 Å². The lowest BCUT2D eigenvalue weighted by Gasteiger charge is -2.51. The molecule has 5 heteroatoms. The number of hydrogen-bond donors (Lipinski definition) is 1. The summed E-state index contributed by atoms with van der Waals surface area (Å²) in [7, 11) is -4.15. The van der Waals surface area contributed by atoms with Crippen LogP contribution in [0, 0.1) is 0 Å². The van der Waals surface area contributed by atoms with Gasteiger partial charge in [0, 0.05) is 21.2 Å². The van der Waals surface area contributed by atoms with Crippen molar-refractivity contribution in [2.24, 2.45) is 4.99 Å². The number of hydrogen-bond acceptors (Lipinski definition) is 1. The SMILES string of the molecule is CC[Si](C(=NC1CCCCC1)NC1CCCCC1)([Si](C)(C)C)[Si](C)(C)C. The molecule has 0 aromatic carbocycles. The van der Waals surface area contributed by atoms with E-state index in [1.54, 1.807) is 5.46 Å². The fourth-order valence-corrected chi connectivity index (χ4v) is 51.6. The summed E-state index contributed by atoms with van der Waals surface area (Å²) in [5.74, 6) is 0. The average molecular weight is 411 g/mol. The first-order chi connectivity index (χ1) is 12.1. The summed E-state index contributed by atoms with van der Waals surface area (Å²) < 4.78 is 0. The lowest BCUT2D eigenvalue weighted by molar-refractivity contribution is 0.410. The van der Waals surface area contributed by atoms with E-state index in [0.29, 0.717) is 12.1 Å². The summed E-state index contributed by atoms with van der Waals surface area (Å²) in [6.45, 7) is 18.5. The van der Waals surface area contributed by atoms with Gasteiger partial charge in [0.05, 0.1) is 11.5 Å². The fraction of sp³-hybridized carbons (Fsp3) is 0.952. The van der Waals surface area contributed by atoms with Crippen molar-refractivity contribution in [1.29, 1.82) is 0 Å². The van der Waals surface area contributed by atoms with Gasteiger partial charge in [-0.1, -0.05) is 90.8 Å². The Kier molecular flexibility index (Phi) is 7.83. The van der Waals surface area contributed by atoms with Crippen molar-refractivity contribution in [3.05, 3.63) is 0 Å². The molecule has 0 spiro atoms. The maximum Gasteiger partial charge on any atom is 0.116 e. The van der Waals surface area contributed by atoms with Crippen molar-refractivity contribution < 1.29 is 0 Å². The Morgan fingerprint density at radius 1 is 0.769 bits per heavy atom. The minimum Gasteiger partial charge on any atom is -0.376 e. The zero-order valence-corrected chi connectivity index (χ0v) is 21.9. The zero-order valence-electron chi connectivity index (χ0n) is 18.9. The molecule has 2 rings (SSSR count). The Hall–Kier alpha value is 0.121. The summed E-state index contributed by atoms with van der Waals surface area (Å²) in [5, 5.41) is 4.19. The number of nitrogens with zero attached hydrogens (tertiary/aromatic N) is 1. The molecular weight excluding hydrogens is 365 g/mol. The second-order valence-electron chi connectivity index (χ2n) is 11.0. The molecule has 0 amide bonds. The van der Waals surface area contributed by atoms with Crippen LogP contribution in [-0.2, 0) is 0 Å². The average Bonchev–Trinajstić information content (AvgIpc) is 2.55.